The fraction of sp³-hybridized carbons (Fsp3) is 0.571. The maximum Gasteiger partial charge on any atom is 0.331 e. The van der Waals surface area contributed by atoms with Crippen LogP contribution >= 0.6 is 0 Å². The smallest absolute Gasteiger partial charge is 0.331 e. The Bertz CT molecular complexity index is 1840. The van der Waals surface area contributed by atoms with E-state index in [4.69, 9.17) is 11.5 Å². The number of hydrogen-bond donors (Lipinski definition) is 6. The Morgan fingerprint density at radius 2 is 1.71 bits per heavy atom. The fourth-order valence-corrected chi connectivity index (χ4v) is 11.9. The van der Waals surface area contributed by atoms with E-state index in [2.05, 4.69) is 11.9 Å². The molecule has 52 heavy (non-hydrogen) atoms. The molecule has 0 heterocycles. The molecule has 0 aliphatic heterocycles. The van der Waals surface area contributed by atoms with Crippen LogP contribution in [0.2, 0.25) is 0 Å². The standard InChI is InChI=1S/C42H55N3O7/c1-23(35(49)50)19-29(46)26(22-45-36(43)44)24(2)28-20-41(51)17-18-42(52)27(14-13-25-11-9-8-10-12-25)33-37(3,4)31(48)15-16-38(33,5)32-30(47)21-39(28,6)40(41,7)34(32)42/h8-14,17-19,24,26-29,33,46,51-52H,15-16,20-22H2,1-7H3,(H,49,50)(H4,43,44,45)/b14-13+,23-19+/t24-,26+,27-,28-,29-,33-,38-,39-,40+,41+,42-/m1/s1. The average Bonchev–Trinajstić information content (AvgIpc) is 3.24. The van der Waals surface area contributed by atoms with Crippen molar-refractivity contribution < 1.29 is 34.8 Å². The molecule has 1 aromatic carbocycles. The van der Waals surface area contributed by atoms with Gasteiger partial charge in [0, 0.05) is 58.6 Å². The van der Waals surface area contributed by atoms with Gasteiger partial charge in [0.25, 0.3) is 0 Å². The number of rotatable bonds is 9. The van der Waals surface area contributed by atoms with Gasteiger partial charge in [-0.25, -0.2) is 4.79 Å². The van der Waals surface area contributed by atoms with Gasteiger partial charge in [-0.2, -0.15) is 0 Å². The second kappa shape index (κ2) is 12.4. The molecule has 0 radical (unpaired) electrons. The summed E-state index contributed by atoms with van der Waals surface area (Å²) in [6, 6.07) is 9.77. The van der Waals surface area contributed by atoms with E-state index in [-0.39, 0.29) is 42.5 Å². The first-order valence-corrected chi connectivity index (χ1v) is 18.5. The Morgan fingerprint density at radius 3 is 2.33 bits per heavy atom. The summed E-state index contributed by atoms with van der Waals surface area (Å²) < 4.78 is 0. The van der Waals surface area contributed by atoms with Crippen molar-refractivity contribution in [2.24, 2.45) is 67.7 Å². The van der Waals surface area contributed by atoms with E-state index in [0.717, 1.165) is 5.56 Å². The SMILES string of the molecule is C/C(=C\[C@@H](O)[C@@H](CN=C(N)N)[C@@H](C)[C@H]1C[C@@]2(O)C=C[C@]3(O)C4=C(C(=O)C[C@@]1(C)[C@]42C)[C@@]1(C)CCC(=O)C(C)(C)[C@H]1[C@H]3/C=C/c1ccccc1)C(=O)O. The zero-order valence-electron chi connectivity index (χ0n) is 31.4. The molecule has 5 aliphatic rings. The molecular weight excluding hydrogens is 658 g/mol. The van der Waals surface area contributed by atoms with E-state index in [1.165, 1.54) is 13.0 Å². The van der Waals surface area contributed by atoms with Crippen molar-refractivity contribution in [3.05, 3.63) is 76.9 Å². The predicted octanol–water partition coefficient (Wildman–Crippen LogP) is 4.59. The number of aliphatic carboxylic acids is 1. The average molecular weight is 714 g/mol. The van der Waals surface area contributed by atoms with Crippen LogP contribution in [0.25, 0.3) is 6.08 Å². The van der Waals surface area contributed by atoms with Gasteiger partial charge in [0.2, 0.25) is 0 Å². The lowest BCUT2D eigenvalue weighted by Gasteiger charge is -2.68. The van der Waals surface area contributed by atoms with Gasteiger partial charge in [0.15, 0.2) is 11.7 Å². The van der Waals surface area contributed by atoms with Crippen molar-refractivity contribution in [2.75, 3.05) is 6.54 Å². The Morgan fingerprint density at radius 1 is 1.06 bits per heavy atom. The van der Waals surface area contributed by atoms with E-state index in [1.807, 2.05) is 77.1 Å². The van der Waals surface area contributed by atoms with Crippen molar-refractivity contribution in [3.63, 3.8) is 0 Å². The van der Waals surface area contributed by atoms with Crippen LogP contribution in [0.3, 0.4) is 0 Å². The molecular formula is C42H55N3O7. The van der Waals surface area contributed by atoms with Gasteiger partial charge in [-0.3, -0.25) is 14.6 Å². The van der Waals surface area contributed by atoms with Crippen LogP contribution in [0.5, 0.6) is 0 Å². The fourth-order valence-electron chi connectivity index (χ4n) is 11.9. The number of Topliss-reactive ketones (excluding diaryl/α,β-unsaturated/α-hetero) is 2. The maximum atomic E-state index is 15.0. The number of hydrogen-bond acceptors (Lipinski definition) is 7. The molecule has 0 bridgehead atoms. The molecule has 5 aliphatic carbocycles. The number of benzene rings is 1. The number of aliphatic hydroxyl groups excluding tert-OH is 1. The highest BCUT2D eigenvalue weighted by molar-refractivity contribution is 6.02. The first-order chi connectivity index (χ1) is 24.1. The van der Waals surface area contributed by atoms with Crippen molar-refractivity contribution >= 4 is 29.6 Å². The van der Waals surface area contributed by atoms with Crippen LogP contribution in [-0.4, -0.2) is 67.8 Å². The van der Waals surface area contributed by atoms with Gasteiger partial charge in [-0.15, -0.1) is 0 Å². The van der Waals surface area contributed by atoms with Gasteiger partial charge in [0.1, 0.15) is 11.4 Å². The van der Waals surface area contributed by atoms with Crippen molar-refractivity contribution in [3.8, 4) is 0 Å². The summed E-state index contributed by atoms with van der Waals surface area (Å²) in [6.45, 7) is 13.3. The lowest BCUT2D eigenvalue weighted by molar-refractivity contribution is -0.162. The number of nitrogens with two attached hydrogens (primary N) is 2. The van der Waals surface area contributed by atoms with Crippen LogP contribution < -0.4 is 11.5 Å². The van der Waals surface area contributed by atoms with Gasteiger partial charge >= 0.3 is 5.97 Å². The summed E-state index contributed by atoms with van der Waals surface area (Å²) in [5.41, 5.74) is 6.55. The monoisotopic (exact) mass is 713 g/mol. The first kappa shape index (κ1) is 37.9. The number of carbonyl (C=O) groups excluding carboxylic acids is 2. The summed E-state index contributed by atoms with van der Waals surface area (Å²) in [6.07, 6.45) is 8.48. The van der Waals surface area contributed by atoms with E-state index in [9.17, 15) is 30.0 Å². The van der Waals surface area contributed by atoms with Gasteiger partial charge in [-0.1, -0.05) is 90.1 Å². The number of carboxylic acid groups (broad SMARTS) is 1. The van der Waals surface area contributed by atoms with Crippen LogP contribution in [0.1, 0.15) is 79.7 Å². The van der Waals surface area contributed by atoms with E-state index >= 15 is 4.79 Å². The van der Waals surface area contributed by atoms with Crippen LogP contribution in [0.4, 0.5) is 0 Å². The van der Waals surface area contributed by atoms with E-state index in [0.29, 0.717) is 24.0 Å². The molecule has 11 atom stereocenters. The van der Waals surface area contributed by atoms with Crippen LogP contribution in [0.15, 0.2) is 76.3 Å². The molecule has 1 aromatic rings. The highest BCUT2D eigenvalue weighted by Gasteiger charge is 2.78. The number of aliphatic imine (C=N–C) groups is 1. The summed E-state index contributed by atoms with van der Waals surface area (Å²) in [7, 11) is 0. The summed E-state index contributed by atoms with van der Waals surface area (Å²) in [5.74, 6) is -3.85. The van der Waals surface area contributed by atoms with Crippen molar-refractivity contribution in [1.29, 1.82) is 0 Å². The van der Waals surface area contributed by atoms with Gasteiger partial charge < -0.3 is 31.9 Å². The zero-order valence-corrected chi connectivity index (χ0v) is 31.4. The van der Waals surface area contributed by atoms with E-state index in [1.54, 1.807) is 12.2 Å². The Labute approximate surface area is 306 Å². The molecule has 280 valence electrons. The van der Waals surface area contributed by atoms with Gasteiger partial charge in [-0.05, 0) is 66.2 Å². The predicted molar refractivity (Wildman–Crippen MR) is 199 cm³/mol. The molecule has 2 fully saturated rings. The number of carbonyl (C=O) groups is 3. The Hall–Kier alpha value is -3.86. The Balaban J connectivity index is 1.57. The number of nitrogens with zero attached hydrogens (tertiary/aromatic N) is 1. The number of allylic oxidation sites excluding steroid dienone is 1. The number of fused-ring (bicyclic) bond motifs is 2. The van der Waals surface area contributed by atoms with Crippen molar-refractivity contribution in [1.82, 2.24) is 0 Å². The minimum absolute atomic E-state index is 0.00727. The molecule has 8 N–H and O–H groups in total. The molecule has 0 amide bonds. The van der Waals surface area contributed by atoms with Crippen molar-refractivity contribution in [2.45, 2.75) is 91.5 Å². The summed E-state index contributed by atoms with van der Waals surface area (Å²) >= 11 is 0. The molecule has 0 unspecified atom stereocenters. The number of aliphatic hydroxyl groups is 3. The van der Waals surface area contributed by atoms with Crippen LogP contribution in [-0.2, 0) is 14.4 Å². The topological polar surface area (TPSA) is 197 Å². The molecule has 0 saturated heterocycles. The van der Waals surface area contributed by atoms with Crippen LogP contribution in [0, 0.1) is 51.2 Å². The normalized spacial score (nSPS) is 39.5. The third kappa shape index (κ3) is 5.15. The second-order valence-corrected chi connectivity index (χ2v) is 17.6. The lowest BCUT2D eigenvalue weighted by Crippen LogP contribution is -2.69. The third-order valence-electron chi connectivity index (χ3n) is 14.7. The molecule has 2 saturated carbocycles. The quantitative estimate of drug-likeness (QED) is 0.0918. The zero-order chi connectivity index (χ0) is 38.4. The maximum absolute atomic E-state index is 15.0. The number of carboxylic acids is 1. The Kier molecular flexibility index (Phi) is 9.00. The van der Waals surface area contributed by atoms with E-state index < -0.39 is 74.5 Å². The minimum Gasteiger partial charge on any atom is -0.478 e. The molecule has 10 nitrogen and oxygen atoms in total. The highest BCUT2D eigenvalue weighted by Crippen LogP contribution is 2.78. The third-order valence-corrected chi connectivity index (χ3v) is 14.7. The summed E-state index contributed by atoms with van der Waals surface area (Å²) in [4.78, 5) is 44.7. The van der Waals surface area contributed by atoms with Gasteiger partial charge in [0.05, 0.1) is 11.7 Å². The molecule has 10 heteroatoms. The minimum atomic E-state index is -1.70. The molecule has 0 aromatic heterocycles. The lowest BCUT2D eigenvalue weighted by atomic mass is 9.36. The molecule has 6 rings (SSSR count). The number of guanidine groups is 1. The second-order valence-electron chi connectivity index (χ2n) is 17.6. The largest absolute Gasteiger partial charge is 0.478 e. The molecule has 0 spiro atoms. The highest BCUT2D eigenvalue weighted by atomic mass is 16.4. The number of ketones is 2. The first-order valence-electron chi connectivity index (χ1n) is 18.5. The summed E-state index contributed by atoms with van der Waals surface area (Å²) in [5, 5.41) is 47.4.